The Morgan fingerprint density at radius 2 is 2.04 bits per heavy atom. The van der Waals surface area contributed by atoms with Gasteiger partial charge in [0.25, 0.3) is 5.89 Å². The van der Waals surface area contributed by atoms with E-state index in [1.165, 1.54) is 13.0 Å². The molecule has 1 fully saturated rings. The minimum atomic E-state index is -3.26. The van der Waals surface area contributed by atoms with Crippen LogP contribution < -0.4 is 5.32 Å². The molecule has 9 heteroatoms. The lowest BCUT2D eigenvalue weighted by Gasteiger charge is -2.34. The van der Waals surface area contributed by atoms with Gasteiger partial charge in [-0.15, -0.1) is 11.3 Å². The molecule has 0 bridgehead atoms. The predicted molar refractivity (Wildman–Crippen MR) is 89.3 cm³/mol. The maximum Gasteiger partial charge on any atom is 0.258 e. The molecular formula is C15H19N3O4S2. The quantitative estimate of drug-likeness (QED) is 0.888. The average molecular weight is 369 g/mol. The molecule has 2 heterocycles. The highest BCUT2D eigenvalue weighted by atomic mass is 32.2. The molecule has 0 unspecified atom stereocenters. The zero-order valence-electron chi connectivity index (χ0n) is 13.5. The van der Waals surface area contributed by atoms with Gasteiger partial charge >= 0.3 is 0 Å². The normalized spacial score (nSPS) is 17.6. The summed E-state index contributed by atoms with van der Waals surface area (Å²) < 4.78 is 28.8. The Morgan fingerprint density at radius 3 is 2.62 bits per heavy atom. The van der Waals surface area contributed by atoms with Crippen LogP contribution in [0.5, 0.6) is 0 Å². The first-order valence-corrected chi connectivity index (χ1v) is 10.5. The summed E-state index contributed by atoms with van der Waals surface area (Å²) in [5.74, 6) is 0.601. The van der Waals surface area contributed by atoms with Crippen molar-refractivity contribution < 1.29 is 17.7 Å². The van der Waals surface area contributed by atoms with Gasteiger partial charge in [-0.3, -0.25) is 4.79 Å². The first-order chi connectivity index (χ1) is 11.3. The number of hydrogen-bond donors (Lipinski definition) is 1. The van der Waals surface area contributed by atoms with Crippen molar-refractivity contribution in [3.63, 3.8) is 0 Å². The minimum Gasteiger partial charge on any atom is -0.343 e. The van der Waals surface area contributed by atoms with E-state index < -0.39 is 15.4 Å². The second-order valence-electron chi connectivity index (χ2n) is 6.17. The van der Waals surface area contributed by atoms with Crippen LogP contribution in [0.2, 0.25) is 0 Å². The van der Waals surface area contributed by atoms with Gasteiger partial charge in [0.05, 0.1) is 5.56 Å². The summed E-state index contributed by atoms with van der Waals surface area (Å²) in [7, 11) is -3.26. The highest BCUT2D eigenvalue weighted by Gasteiger charge is 2.39. The van der Waals surface area contributed by atoms with E-state index in [4.69, 9.17) is 4.52 Å². The summed E-state index contributed by atoms with van der Waals surface area (Å²) in [5.41, 5.74) is -0.0189. The number of nitrogens with zero attached hydrogens (tertiary/aromatic N) is 2. The van der Waals surface area contributed by atoms with Crippen molar-refractivity contribution in [1.29, 1.82) is 0 Å². The van der Waals surface area contributed by atoms with Crippen LogP contribution in [0.1, 0.15) is 44.9 Å². The van der Waals surface area contributed by atoms with Gasteiger partial charge in [0.2, 0.25) is 5.91 Å². The monoisotopic (exact) mass is 369 g/mol. The van der Waals surface area contributed by atoms with Crippen LogP contribution in [0.4, 0.5) is 0 Å². The van der Waals surface area contributed by atoms with Gasteiger partial charge in [0.15, 0.2) is 15.7 Å². The number of nitrogens with one attached hydrogen (secondary N) is 1. The van der Waals surface area contributed by atoms with Crippen LogP contribution >= 0.6 is 11.3 Å². The minimum absolute atomic E-state index is 0.127. The lowest BCUT2D eigenvalue weighted by atomic mass is 9.81. The molecule has 0 spiro atoms. The molecule has 1 aliphatic carbocycles. The number of carbonyl (C=O) groups is 1. The van der Waals surface area contributed by atoms with Gasteiger partial charge in [0.1, 0.15) is 9.75 Å². The molecule has 3 rings (SSSR count). The molecule has 1 amide bonds. The van der Waals surface area contributed by atoms with E-state index in [9.17, 15) is 13.2 Å². The van der Waals surface area contributed by atoms with E-state index in [-0.39, 0.29) is 16.0 Å². The molecule has 1 N–H and O–H groups in total. The Balaban J connectivity index is 1.93. The molecule has 1 saturated carbocycles. The van der Waals surface area contributed by atoms with E-state index in [0.717, 1.165) is 49.7 Å². The molecule has 130 valence electrons. The van der Waals surface area contributed by atoms with Crippen LogP contribution in [-0.4, -0.2) is 30.7 Å². The second kappa shape index (κ2) is 6.29. The van der Waals surface area contributed by atoms with Crippen LogP contribution in [0, 0.1) is 0 Å². The Bertz CT molecular complexity index is 848. The summed E-state index contributed by atoms with van der Waals surface area (Å²) in [6.07, 6.45) is 5.79. The van der Waals surface area contributed by atoms with Gasteiger partial charge < -0.3 is 9.84 Å². The third-order valence-corrected chi connectivity index (χ3v) is 6.93. The summed E-state index contributed by atoms with van der Waals surface area (Å²) in [6, 6.07) is 1.53. The van der Waals surface area contributed by atoms with E-state index in [0.29, 0.717) is 11.4 Å². The number of carbonyl (C=O) groups excluding carboxylic acids is 1. The Labute approximate surface area is 144 Å². The number of hydrogen-bond acceptors (Lipinski definition) is 7. The van der Waals surface area contributed by atoms with Crippen LogP contribution in [0.15, 0.2) is 20.2 Å². The average Bonchev–Trinajstić information content (AvgIpc) is 3.16. The summed E-state index contributed by atoms with van der Waals surface area (Å²) in [4.78, 5) is 16.1. The van der Waals surface area contributed by atoms with Crippen molar-refractivity contribution in [2.24, 2.45) is 0 Å². The summed E-state index contributed by atoms with van der Waals surface area (Å²) >= 11 is 1.12. The Kier molecular flexibility index (Phi) is 4.48. The largest absolute Gasteiger partial charge is 0.343 e. The third kappa shape index (κ3) is 3.36. The highest BCUT2D eigenvalue weighted by molar-refractivity contribution is 7.92. The smallest absolute Gasteiger partial charge is 0.258 e. The fraction of sp³-hybridized carbons (Fsp3) is 0.533. The fourth-order valence-electron chi connectivity index (χ4n) is 3.06. The number of sulfone groups is 1. The fourth-order valence-corrected chi connectivity index (χ4v) is 4.85. The lowest BCUT2D eigenvalue weighted by molar-refractivity contribution is -0.121. The van der Waals surface area contributed by atoms with E-state index >= 15 is 0 Å². The van der Waals surface area contributed by atoms with Crippen LogP contribution in [-0.2, 0) is 20.2 Å². The summed E-state index contributed by atoms with van der Waals surface area (Å²) in [6.45, 7) is 1.48. The molecule has 2 aromatic heterocycles. The number of thiophene rings is 1. The molecule has 24 heavy (non-hydrogen) atoms. The topological polar surface area (TPSA) is 102 Å². The van der Waals surface area contributed by atoms with E-state index in [2.05, 4.69) is 15.5 Å². The molecule has 0 radical (unpaired) electrons. The number of rotatable bonds is 4. The number of aromatic nitrogens is 2. The Morgan fingerprint density at radius 1 is 1.33 bits per heavy atom. The predicted octanol–water partition coefficient (Wildman–Crippen LogP) is 2.50. The molecule has 7 nitrogen and oxygen atoms in total. The molecule has 0 aliphatic heterocycles. The van der Waals surface area contributed by atoms with Crippen molar-refractivity contribution in [2.75, 3.05) is 6.26 Å². The molecule has 0 saturated heterocycles. The zero-order valence-corrected chi connectivity index (χ0v) is 15.2. The van der Waals surface area contributed by atoms with Crippen molar-refractivity contribution >= 4 is 27.1 Å². The third-order valence-electron chi connectivity index (χ3n) is 4.16. The van der Waals surface area contributed by atoms with Crippen molar-refractivity contribution in [2.45, 2.75) is 48.8 Å². The SMILES string of the molecule is CC(=O)NC1(c2noc(-c3csc(S(C)(=O)=O)c3)n2)CCCCC1. The van der Waals surface area contributed by atoms with Crippen molar-refractivity contribution in [3.05, 3.63) is 17.3 Å². The van der Waals surface area contributed by atoms with E-state index in [1.807, 2.05) is 0 Å². The van der Waals surface area contributed by atoms with Crippen molar-refractivity contribution in [3.8, 4) is 11.5 Å². The van der Waals surface area contributed by atoms with Gasteiger partial charge in [-0.25, -0.2) is 8.42 Å². The Hall–Kier alpha value is -1.74. The van der Waals surface area contributed by atoms with E-state index in [1.54, 1.807) is 5.38 Å². The van der Waals surface area contributed by atoms with Gasteiger partial charge in [-0.2, -0.15) is 4.98 Å². The summed E-state index contributed by atoms with van der Waals surface area (Å²) in [5, 5.41) is 8.74. The first-order valence-electron chi connectivity index (χ1n) is 7.72. The molecule has 2 aromatic rings. The van der Waals surface area contributed by atoms with Crippen molar-refractivity contribution in [1.82, 2.24) is 15.5 Å². The molecule has 0 aromatic carbocycles. The second-order valence-corrected chi connectivity index (χ2v) is 9.33. The maximum atomic E-state index is 11.6. The maximum absolute atomic E-state index is 11.6. The highest BCUT2D eigenvalue weighted by Crippen LogP contribution is 2.37. The molecule has 1 aliphatic rings. The van der Waals surface area contributed by atoms with Gasteiger partial charge in [-0.1, -0.05) is 24.4 Å². The van der Waals surface area contributed by atoms with Crippen LogP contribution in [0.25, 0.3) is 11.5 Å². The van der Waals surface area contributed by atoms with Gasteiger partial charge in [-0.05, 0) is 18.9 Å². The lowest BCUT2D eigenvalue weighted by Crippen LogP contribution is -2.47. The number of amides is 1. The van der Waals surface area contributed by atoms with Crippen LogP contribution in [0.3, 0.4) is 0 Å². The first kappa shape index (κ1) is 17.1. The zero-order chi connectivity index (χ0) is 17.4. The molecular weight excluding hydrogens is 350 g/mol. The van der Waals surface area contributed by atoms with Gasteiger partial charge in [0, 0.05) is 18.6 Å². The molecule has 0 atom stereocenters. The standard InChI is InChI=1S/C15H19N3O4S2/c1-10(19)17-15(6-4-3-5-7-15)14-16-13(22-18-14)11-8-12(23-9-11)24(2,20)21/h8-9H,3-7H2,1-2H3,(H,17,19).